The number of nitrogens with one attached hydrogen (secondary N) is 1. The zero-order valence-electron chi connectivity index (χ0n) is 16.6. The zero-order valence-corrected chi connectivity index (χ0v) is 17.4. The molecule has 0 aliphatic heterocycles. The number of anilines is 2. The fraction of sp³-hybridized carbons (Fsp3) is 0.238. The molecule has 150 valence electrons. The fourth-order valence-corrected chi connectivity index (χ4v) is 3.85. The molecule has 0 radical (unpaired) electrons. The molecule has 0 spiro atoms. The Hall–Kier alpha value is -3.13. The second-order valence-corrected chi connectivity index (χ2v) is 7.30. The van der Waals surface area contributed by atoms with E-state index in [1.54, 1.807) is 4.90 Å². The largest absolute Gasteiger partial charge is 0.326 e. The maximum absolute atomic E-state index is 12.8. The van der Waals surface area contributed by atoms with Gasteiger partial charge in [0.05, 0.1) is 11.4 Å². The van der Waals surface area contributed by atoms with Gasteiger partial charge in [0.25, 0.3) is 0 Å². The van der Waals surface area contributed by atoms with E-state index < -0.39 is 0 Å². The van der Waals surface area contributed by atoms with Crippen LogP contribution in [0.3, 0.4) is 0 Å². The Balaban J connectivity index is 1.78. The van der Waals surface area contributed by atoms with Gasteiger partial charge in [0.15, 0.2) is 5.16 Å². The number of hydrogen-bond acceptors (Lipinski definition) is 5. The minimum Gasteiger partial charge on any atom is -0.326 e. The maximum Gasteiger partial charge on any atom is 0.237 e. The van der Waals surface area contributed by atoms with Crippen LogP contribution >= 0.6 is 11.8 Å². The van der Waals surface area contributed by atoms with E-state index in [-0.39, 0.29) is 17.6 Å². The molecule has 2 amide bonds. The highest BCUT2D eigenvalue weighted by Crippen LogP contribution is 2.25. The van der Waals surface area contributed by atoms with Crippen LogP contribution in [0.15, 0.2) is 59.8 Å². The SMILES string of the molecule is CCN(C(=O)CSc1nnc(C)n1-c1cccc(NC(C)=O)c1)c1ccccc1. The third-order valence-electron chi connectivity index (χ3n) is 4.23. The van der Waals surface area contributed by atoms with Gasteiger partial charge in [0.1, 0.15) is 5.82 Å². The molecule has 0 unspecified atom stereocenters. The predicted molar refractivity (Wildman–Crippen MR) is 116 cm³/mol. The number of carbonyl (C=O) groups is 2. The van der Waals surface area contributed by atoms with Gasteiger partial charge in [-0.3, -0.25) is 14.2 Å². The van der Waals surface area contributed by atoms with Gasteiger partial charge in [-0.25, -0.2) is 0 Å². The molecule has 7 nitrogen and oxygen atoms in total. The third kappa shape index (κ3) is 5.03. The number of benzene rings is 2. The summed E-state index contributed by atoms with van der Waals surface area (Å²) < 4.78 is 1.88. The lowest BCUT2D eigenvalue weighted by atomic mass is 10.2. The van der Waals surface area contributed by atoms with Crippen molar-refractivity contribution >= 4 is 35.0 Å². The quantitative estimate of drug-likeness (QED) is 0.602. The molecule has 0 fully saturated rings. The molecule has 0 saturated heterocycles. The van der Waals surface area contributed by atoms with Crippen molar-refractivity contribution in [1.82, 2.24) is 14.8 Å². The highest BCUT2D eigenvalue weighted by molar-refractivity contribution is 7.99. The van der Waals surface area contributed by atoms with Gasteiger partial charge in [-0.05, 0) is 44.2 Å². The summed E-state index contributed by atoms with van der Waals surface area (Å²) in [7, 11) is 0. The Labute approximate surface area is 174 Å². The lowest BCUT2D eigenvalue weighted by Crippen LogP contribution is -2.32. The van der Waals surface area contributed by atoms with Crippen LogP contribution < -0.4 is 10.2 Å². The predicted octanol–water partition coefficient (Wildman–Crippen LogP) is 3.68. The number of nitrogens with zero attached hydrogens (tertiary/aromatic N) is 4. The number of hydrogen-bond donors (Lipinski definition) is 1. The highest BCUT2D eigenvalue weighted by Gasteiger charge is 2.18. The summed E-state index contributed by atoms with van der Waals surface area (Å²) in [6.07, 6.45) is 0. The van der Waals surface area contributed by atoms with Crippen molar-refractivity contribution in [3.63, 3.8) is 0 Å². The van der Waals surface area contributed by atoms with Gasteiger partial charge in [-0.1, -0.05) is 36.0 Å². The summed E-state index contributed by atoms with van der Waals surface area (Å²) in [6, 6.07) is 17.0. The van der Waals surface area contributed by atoms with Gasteiger partial charge >= 0.3 is 0 Å². The number of rotatable bonds is 7. The first kappa shape index (κ1) is 20.6. The van der Waals surface area contributed by atoms with Crippen molar-refractivity contribution in [1.29, 1.82) is 0 Å². The number of para-hydroxylation sites is 1. The second kappa shape index (κ2) is 9.38. The summed E-state index contributed by atoms with van der Waals surface area (Å²) in [6.45, 7) is 5.87. The summed E-state index contributed by atoms with van der Waals surface area (Å²) in [4.78, 5) is 25.9. The number of thioether (sulfide) groups is 1. The first-order chi connectivity index (χ1) is 14.0. The van der Waals surface area contributed by atoms with E-state index in [0.717, 1.165) is 11.4 Å². The molecule has 29 heavy (non-hydrogen) atoms. The number of carbonyl (C=O) groups excluding carboxylic acids is 2. The van der Waals surface area contributed by atoms with Crippen LogP contribution in [0.2, 0.25) is 0 Å². The monoisotopic (exact) mass is 409 g/mol. The van der Waals surface area contributed by atoms with Gasteiger partial charge < -0.3 is 10.2 Å². The van der Waals surface area contributed by atoms with Crippen molar-refractivity contribution in [2.24, 2.45) is 0 Å². The van der Waals surface area contributed by atoms with Crippen molar-refractivity contribution in [2.75, 3.05) is 22.5 Å². The Morgan fingerprint density at radius 1 is 1.10 bits per heavy atom. The summed E-state index contributed by atoms with van der Waals surface area (Å²) in [5.74, 6) is 0.813. The van der Waals surface area contributed by atoms with E-state index >= 15 is 0 Å². The molecule has 0 aliphatic rings. The lowest BCUT2D eigenvalue weighted by Gasteiger charge is -2.20. The summed E-state index contributed by atoms with van der Waals surface area (Å²) >= 11 is 1.34. The highest BCUT2D eigenvalue weighted by atomic mass is 32.2. The molecular formula is C21H23N5O2S. The molecule has 8 heteroatoms. The Morgan fingerprint density at radius 3 is 2.55 bits per heavy atom. The molecule has 3 rings (SSSR count). The Bertz CT molecular complexity index is 1000. The Morgan fingerprint density at radius 2 is 1.86 bits per heavy atom. The molecule has 0 saturated carbocycles. The van der Waals surface area contributed by atoms with Crippen molar-refractivity contribution < 1.29 is 9.59 Å². The molecule has 0 aliphatic carbocycles. The van der Waals surface area contributed by atoms with Gasteiger partial charge in [0.2, 0.25) is 11.8 Å². The van der Waals surface area contributed by atoms with Crippen LogP contribution in [0, 0.1) is 6.92 Å². The van der Waals surface area contributed by atoms with E-state index in [1.807, 2.05) is 73.0 Å². The first-order valence-corrected chi connectivity index (χ1v) is 10.3. The number of amides is 2. The van der Waals surface area contributed by atoms with E-state index in [1.165, 1.54) is 18.7 Å². The maximum atomic E-state index is 12.8. The van der Waals surface area contributed by atoms with Crippen LogP contribution in [0.1, 0.15) is 19.7 Å². The van der Waals surface area contributed by atoms with Crippen LogP contribution in [-0.4, -0.2) is 38.9 Å². The van der Waals surface area contributed by atoms with E-state index in [0.29, 0.717) is 23.2 Å². The van der Waals surface area contributed by atoms with Crippen molar-refractivity contribution in [2.45, 2.75) is 25.9 Å². The molecule has 1 aromatic heterocycles. The second-order valence-electron chi connectivity index (χ2n) is 6.36. The lowest BCUT2D eigenvalue weighted by molar-refractivity contribution is -0.116. The van der Waals surface area contributed by atoms with Gasteiger partial charge in [-0.2, -0.15) is 0 Å². The van der Waals surface area contributed by atoms with E-state index in [2.05, 4.69) is 15.5 Å². The molecule has 0 bridgehead atoms. The van der Waals surface area contributed by atoms with Crippen LogP contribution in [0.25, 0.3) is 5.69 Å². The summed E-state index contributed by atoms with van der Waals surface area (Å²) in [5.41, 5.74) is 2.39. The minimum absolute atomic E-state index is 0.00269. The summed E-state index contributed by atoms with van der Waals surface area (Å²) in [5, 5.41) is 11.8. The minimum atomic E-state index is -0.136. The fourth-order valence-electron chi connectivity index (χ4n) is 2.97. The standard InChI is InChI=1S/C21H23N5O2S/c1-4-25(18-10-6-5-7-11-18)20(28)14-29-21-24-23-15(2)26(21)19-12-8-9-17(13-19)22-16(3)27/h5-13H,4,14H2,1-3H3,(H,22,27). The van der Waals surface area contributed by atoms with E-state index in [9.17, 15) is 9.59 Å². The smallest absolute Gasteiger partial charge is 0.237 e. The average Bonchev–Trinajstić information content (AvgIpc) is 3.08. The first-order valence-electron chi connectivity index (χ1n) is 9.28. The molecule has 1 heterocycles. The number of aromatic nitrogens is 3. The van der Waals surface area contributed by atoms with Crippen LogP contribution in [0.5, 0.6) is 0 Å². The molecule has 1 N–H and O–H groups in total. The number of aryl methyl sites for hydroxylation is 1. The zero-order chi connectivity index (χ0) is 20.8. The van der Waals surface area contributed by atoms with E-state index in [4.69, 9.17) is 0 Å². The molecular weight excluding hydrogens is 386 g/mol. The van der Waals surface area contributed by atoms with Crippen molar-refractivity contribution in [3.8, 4) is 5.69 Å². The normalized spacial score (nSPS) is 10.6. The van der Waals surface area contributed by atoms with Gasteiger partial charge in [0, 0.05) is 24.8 Å². The molecule has 3 aromatic rings. The van der Waals surface area contributed by atoms with Crippen LogP contribution in [-0.2, 0) is 9.59 Å². The Kier molecular flexibility index (Phi) is 6.66. The molecule has 0 atom stereocenters. The van der Waals surface area contributed by atoms with Crippen LogP contribution in [0.4, 0.5) is 11.4 Å². The van der Waals surface area contributed by atoms with Gasteiger partial charge in [-0.15, -0.1) is 10.2 Å². The third-order valence-corrected chi connectivity index (χ3v) is 5.14. The average molecular weight is 410 g/mol. The van der Waals surface area contributed by atoms with Crippen molar-refractivity contribution in [3.05, 3.63) is 60.4 Å². The molecule has 2 aromatic carbocycles. The topological polar surface area (TPSA) is 80.1 Å².